The fourth-order valence-corrected chi connectivity index (χ4v) is 4.04. The summed E-state index contributed by atoms with van der Waals surface area (Å²) in [5.41, 5.74) is 0. The van der Waals surface area contributed by atoms with Crippen molar-refractivity contribution in [1.29, 1.82) is 0 Å². The molecular formula is C16H29N3OS. The highest BCUT2D eigenvalue weighted by Gasteiger charge is 2.24. The molecule has 21 heavy (non-hydrogen) atoms. The SMILES string of the molecule is CCCCC1CCC(c2nnc(CNCCOC)s2)CC1. The quantitative estimate of drug-likeness (QED) is 0.706. The van der Waals surface area contributed by atoms with Crippen LogP contribution >= 0.6 is 11.3 Å². The first kappa shape index (κ1) is 16.8. The monoisotopic (exact) mass is 311 g/mol. The van der Waals surface area contributed by atoms with Gasteiger partial charge in [-0.2, -0.15) is 0 Å². The van der Waals surface area contributed by atoms with E-state index in [1.165, 1.54) is 50.0 Å². The van der Waals surface area contributed by atoms with Crippen molar-refractivity contribution < 1.29 is 4.74 Å². The number of rotatable bonds is 9. The van der Waals surface area contributed by atoms with E-state index in [2.05, 4.69) is 22.4 Å². The lowest BCUT2D eigenvalue weighted by molar-refractivity contribution is 0.199. The zero-order valence-electron chi connectivity index (χ0n) is 13.4. The van der Waals surface area contributed by atoms with Crippen molar-refractivity contribution in [1.82, 2.24) is 15.5 Å². The summed E-state index contributed by atoms with van der Waals surface area (Å²) in [6, 6.07) is 0. The van der Waals surface area contributed by atoms with E-state index >= 15 is 0 Å². The number of ether oxygens (including phenoxy) is 1. The lowest BCUT2D eigenvalue weighted by atomic mass is 9.80. The maximum Gasteiger partial charge on any atom is 0.131 e. The molecule has 0 saturated heterocycles. The van der Waals surface area contributed by atoms with Crippen LogP contribution in [-0.2, 0) is 11.3 Å². The van der Waals surface area contributed by atoms with Crippen LogP contribution in [0.3, 0.4) is 0 Å². The van der Waals surface area contributed by atoms with Crippen LogP contribution in [0.2, 0.25) is 0 Å². The van der Waals surface area contributed by atoms with Gasteiger partial charge in [0.2, 0.25) is 0 Å². The molecule has 0 amide bonds. The zero-order chi connectivity index (χ0) is 14.9. The molecule has 0 unspecified atom stereocenters. The van der Waals surface area contributed by atoms with E-state index in [0.717, 1.165) is 30.6 Å². The number of aromatic nitrogens is 2. The maximum absolute atomic E-state index is 5.02. The molecule has 0 aromatic carbocycles. The molecule has 1 aromatic rings. The van der Waals surface area contributed by atoms with Crippen molar-refractivity contribution >= 4 is 11.3 Å². The summed E-state index contributed by atoms with van der Waals surface area (Å²) >= 11 is 1.79. The smallest absolute Gasteiger partial charge is 0.131 e. The van der Waals surface area contributed by atoms with Crippen LogP contribution in [0.5, 0.6) is 0 Å². The molecule has 0 aliphatic heterocycles. The number of methoxy groups -OCH3 is 1. The largest absolute Gasteiger partial charge is 0.383 e. The first-order valence-corrected chi connectivity index (χ1v) is 9.17. The molecule has 0 bridgehead atoms. The summed E-state index contributed by atoms with van der Waals surface area (Å²) in [6.45, 7) is 4.71. The second kappa shape index (κ2) is 9.49. The van der Waals surface area contributed by atoms with Crippen molar-refractivity contribution in [3.8, 4) is 0 Å². The topological polar surface area (TPSA) is 47.0 Å². The molecule has 1 N–H and O–H groups in total. The molecule has 120 valence electrons. The Morgan fingerprint density at radius 3 is 2.76 bits per heavy atom. The molecule has 1 fully saturated rings. The lowest BCUT2D eigenvalue weighted by Crippen LogP contribution is -2.18. The highest BCUT2D eigenvalue weighted by molar-refractivity contribution is 7.11. The van der Waals surface area contributed by atoms with Crippen LogP contribution in [-0.4, -0.2) is 30.5 Å². The fraction of sp³-hybridized carbons (Fsp3) is 0.875. The van der Waals surface area contributed by atoms with Crippen molar-refractivity contribution in [2.75, 3.05) is 20.3 Å². The van der Waals surface area contributed by atoms with E-state index in [4.69, 9.17) is 4.74 Å². The Bertz CT molecular complexity index is 389. The van der Waals surface area contributed by atoms with E-state index in [1.807, 2.05) is 0 Å². The highest BCUT2D eigenvalue weighted by atomic mass is 32.1. The first-order valence-electron chi connectivity index (χ1n) is 8.35. The Morgan fingerprint density at radius 2 is 2.05 bits per heavy atom. The third kappa shape index (κ3) is 5.64. The van der Waals surface area contributed by atoms with Gasteiger partial charge in [-0.3, -0.25) is 0 Å². The minimum absolute atomic E-state index is 0.660. The molecule has 1 saturated carbocycles. The average Bonchev–Trinajstić information content (AvgIpc) is 2.99. The predicted molar refractivity (Wildman–Crippen MR) is 87.7 cm³/mol. The third-order valence-corrected chi connectivity index (χ3v) is 5.49. The van der Waals surface area contributed by atoms with Crippen LogP contribution in [0.15, 0.2) is 0 Å². The molecule has 1 aliphatic carbocycles. The molecule has 1 heterocycles. The number of nitrogens with zero attached hydrogens (tertiary/aromatic N) is 2. The van der Waals surface area contributed by atoms with Gasteiger partial charge in [0.05, 0.1) is 6.61 Å². The minimum Gasteiger partial charge on any atom is -0.383 e. The maximum atomic E-state index is 5.02. The fourth-order valence-electron chi connectivity index (χ4n) is 3.06. The van der Waals surface area contributed by atoms with Gasteiger partial charge in [0, 0.05) is 26.1 Å². The Hall–Kier alpha value is -0.520. The number of unbranched alkanes of at least 4 members (excludes halogenated alkanes) is 1. The Balaban J connectivity index is 1.72. The second-order valence-corrected chi connectivity index (χ2v) is 7.16. The summed E-state index contributed by atoms with van der Waals surface area (Å²) in [6.07, 6.45) is 9.52. The van der Waals surface area contributed by atoms with Crippen LogP contribution in [0.1, 0.15) is 67.8 Å². The first-order chi connectivity index (χ1) is 10.3. The van der Waals surface area contributed by atoms with Gasteiger partial charge in [0.25, 0.3) is 0 Å². The van der Waals surface area contributed by atoms with Crippen molar-refractivity contribution in [3.63, 3.8) is 0 Å². The number of hydrogen-bond acceptors (Lipinski definition) is 5. The van der Waals surface area contributed by atoms with Crippen LogP contribution in [0.4, 0.5) is 0 Å². The van der Waals surface area contributed by atoms with E-state index in [-0.39, 0.29) is 0 Å². The average molecular weight is 311 g/mol. The summed E-state index contributed by atoms with van der Waals surface area (Å²) in [4.78, 5) is 0. The van der Waals surface area contributed by atoms with Gasteiger partial charge in [0.1, 0.15) is 10.0 Å². The van der Waals surface area contributed by atoms with E-state index < -0.39 is 0 Å². The molecule has 0 radical (unpaired) electrons. The van der Waals surface area contributed by atoms with Gasteiger partial charge >= 0.3 is 0 Å². The second-order valence-electron chi connectivity index (χ2n) is 6.06. The van der Waals surface area contributed by atoms with Crippen LogP contribution in [0.25, 0.3) is 0 Å². The predicted octanol–water partition coefficient (Wildman–Crippen LogP) is 3.74. The van der Waals surface area contributed by atoms with Crippen molar-refractivity contribution in [2.45, 2.75) is 64.3 Å². The molecule has 2 rings (SSSR count). The molecule has 0 spiro atoms. The number of nitrogens with one attached hydrogen (secondary N) is 1. The van der Waals surface area contributed by atoms with Crippen molar-refractivity contribution in [3.05, 3.63) is 10.0 Å². The van der Waals surface area contributed by atoms with Gasteiger partial charge in [-0.25, -0.2) is 0 Å². The summed E-state index contributed by atoms with van der Waals surface area (Å²) in [5.74, 6) is 1.62. The summed E-state index contributed by atoms with van der Waals surface area (Å²) in [5, 5.41) is 14.4. The van der Waals surface area contributed by atoms with Gasteiger partial charge in [-0.1, -0.05) is 37.5 Å². The highest BCUT2D eigenvalue weighted by Crippen LogP contribution is 2.38. The molecule has 0 atom stereocenters. The van der Waals surface area contributed by atoms with Gasteiger partial charge in [-0.05, 0) is 31.6 Å². The van der Waals surface area contributed by atoms with Gasteiger partial charge in [-0.15, -0.1) is 10.2 Å². The van der Waals surface area contributed by atoms with E-state index in [0.29, 0.717) is 5.92 Å². The van der Waals surface area contributed by atoms with E-state index in [1.54, 1.807) is 18.4 Å². The minimum atomic E-state index is 0.660. The Labute approximate surface area is 132 Å². The Kier molecular flexibility index (Phi) is 7.61. The molecular weight excluding hydrogens is 282 g/mol. The zero-order valence-corrected chi connectivity index (χ0v) is 14.3. The Morgan fingerprint density at radius 1 is 1.24 bits per heavy atom. The standard InChI is InChI=1S/C16H29N3OS/c1-3-4-5-13-6-8-14(9-7-13)16-19-18-15(21-16)12-17-10-11-20-2/h13-14,17H,3-12H2,1-2H3. The summed E-state index contributed by atoms with van der Waals surface area (Å²) in [7, 11) is 1.72. The third-order valence-electron chi connectivity index (χ3n) is 4.40. The van der Waals surface area contributed by atoms with Crippen LogP contribution < -0.4 is 5.32 Å². The molecule has 4 nitrogen and oxygen atoms in total. The van der Waals surface area contributed by atoms with Crippen molar-refractivity contribution in [2.24, 2.45) is 5.92 Å². The molecule has 1 aliphatic rings. The lowest BCUT2D eigenvalue weighted by Gasteiger charge is -2.26. The van der Waals surface area contributed by atoms with Gasteiger partial charge in [0.15, 0.2) is 0 Å². The van der Waals surface area contributed by atoms with Gasteiger partial charge < -0.3 is 10.1 Å². The van der Waals surface area contributed by atoms with Crippen LogP contribution in [0, 0.1) is 5.92 Å². The van der Waals surface area contributed by atoms with E-state index in [9.17, 15) is 0 Å². The summed E-state index contributed by atoms with van der Waals surface area (Å²) < 4.78 is 5.02. The normalized spacial score (nSPS) is 22.6. The molecule has 5 heteroatoms. The number of hydrogen-bond donors (Lipinski definition) is 1. The molecule has 1 aromatic heterocycles.